The number of pyridine rings is 1. The Morgan fingerprint density at radius 1 is 1.14 bits per heavy atom. The standard InChI is InChI=1S/C21H24N6O2/c1-14(2)12-29-21(28)16-5-7-17(8-6-16)27-20-18(22)19(25-13-26-20)24-11-15-4-3-9-23-10-15/h3-10,13-14H,11-12,22H2,1-2H3,(H2,24,25,26,27). The molecule has 1 aromatic carbocycles. The maximum Gasteiger partial charge on any atom is 0.338 e. The predicted molar refractivity (Wildman–Crippen MR) is 113 cm³/mol. The number of hydrogen-bond donors (Lipinski definition) is 3. The van der Waals surface area contributed by atoms with Crippen LogP contribution in [-0.4, -0.2) is 27.5 Å². The number of carbonyl (C=O) groups is 1. The minimum atomic E-state index is -0.339. The largest absolute Gasteiger partial charge is 0.462 e. The third-order valence-electron chi connectivity index (χ3n) is 4.00. The molecule has 0 fully saturated rings. The van der Waals surface area contributed by atoms with Gasteiger partial charge in [0.2, 0.25) is 0 Å². The molecule has 0 aliphatic heterocycles. The number of hydrogen-bond acceptors (Lipinski definition) is 8. The molecule has 3 aromatic rings. The van der Waals surface area contributed by atoms with Crippen LogP contribution in [0.4, 0.5) is 23.0 Å². The van der Waals surface area contributed by atoms with Crippen molar-refractivity contribution in [2.45, 2.75) is 20.4 Å². The first kappa shape index (κ1) is 20.1. The SMILES string of the molecule is CC(C)COC(=O)c1ccc(Nc2ncnc(NCc3cccnc3)c2N)cc1. The second-order valence-electron chi connectivity index (χ2n) is 6.89. The van der Waals surface area contributed by atoms with Crippen LogP contribution in [-0.2, 0) is 11.3 Å². The first-order valence-electron chi connectivity index (χ1n) is 9.30. The van der Waals surface area contributed by atoms with Gasteiger partial charge in [0.15, 0.2) is 11.6 Å². The molecule has 0 bridgehead atoms. The maximum atomic E-state index is 12.0. The number of nitrogens with zero attached hydrogens (tertiary/aromatic N) is 3. The van der Waals surface area contributed by atoms with Gasteiger partial charge in [-0.15, -0.1) is 0 Å². The highest BCUT2D eigenvalue weighted by atomic mass is 16.5. The van der Waals surface area contributed by atoms with Crippen molar-refractivity contribution in [3.63, 3.8) is 0 Å². The van der Waals surface area contributed by atoms with E-state index in [1.54, 1.807) is 36.7 Å². The Kier molecular flexibility index (Phi) is 6.57. The lowest BCUT2D eigenvalue weighted by Crippen LogP contribution is -2.10. The number of aromatic nitrogens is 3. The Bertz CT molecular complexity index is 945. The highest BCUT2D eigenvalue weighted by Crippen LogP contribution is 2.26. The number of rotatable bonds is 8. The van der Waals surface area contributed by atoms with Gasteiger partial charge in [-0.25, -0.2) is 14.8 Å². The van der Waals surface area contributed by atoms with Crippen LogP contribution < -0.4 is 16.4 Å². The molecule has 0 unspecified atom stereocenters. The van der Waals surface area contributed by atoms with Gasteiger partial charge >= 0.3 is 5.97 Å². The van der Waals surface area contributed by atoms with Gasteiger partial charge in [-0.2, -0.15) is 0 Å². The zero-order chi connectivity index (χ0) is 20.6. The van der Waals surface area contributed by atoms with Crippen molar-refractivity contribution in [2.75, 3.05) is 23.0 Å². The Morgan fingerprint density at radius 3 is 2.59 bits per heavy atom. The summed E-state index contributed by atoms with van der Waals surface area (Å²) in [7, 11) is 0. The second kappa shape index (κ2) is 9.50. The number of esters is 1. The Balaban J connectivity index is 1.65. The molecule has 3 rings (SSSR count). The first-order valence-corrected chi connectivity index (χ1v) is 9.30. The topological polar surface area (TPSA) is 115 Å². The van der Waals surface area contributed by atoms with Crippen molar-refractivity contribution in [1.82, 2.24) is 15.0 Å². The number of benzene rings is 1. The average molecular weight is 392 g/mol. The quantitative estimate of drug-likeness (QED) is 0.498. The molecule has 29 heavy (non-hydrogen) atoms. The van der Waals surface area contributed by atoms with Crippen molar-refractivity contribution >= 4 is 29.0 Å². The van der Waals surface area contributed by atoms with Gasteiger partial charge in [-0.05, 0) is 41.8 Å². The Hall–Kier alpha value is -3.68. The van der Waals surface area contributed by atoms with Crippen molar-refractivity contribution in [2.24, 2.45) is 5.92 Å². The van der Waals surface area contributed by atoms with E-state index in [1.807, 2.05) is 26.0 Å². The third kappa shape index (κ3) is 5.65. The molecule has 0 aliphatic rings. The van der Waals surface area contributed by atoms with Crippen molar-refractivity contribution < 1.29 is 9.53 Å². The molecule has 8 nitrogen and oxygen atoms in total. The molecule has 0 saturated heterocycles. The van der Waals surface area contributed by atoms with Gasteiger partial charge in [0.25, 0.3) is 0 Å². The van der Waals surface area contributed by atoms with E-state index in [1.165, 1.54) is 6.33 Å². The van der Waals surface area contributed by atoms with E-state index in [4.69, 9.17) is 10.5 Å². The maximum absolute atomic E-state index is 12.0. The number of nitrogen functional groups attached to an aromatic ring is 1. The molecule has 150 valence electrons. The highest BCUT2D eigenvalue weighted by molar-refractivity contribution is 5.90. The number of carbonyl (C=O) groups excluding carboxylic acids is 1. The monoisotopic (exact) mass is 392 g/mol. The zero-order valence-corrected chi connectivity index (χ0v) is 16.4. The minimum absolute atomic E-state index is 0.293. The predicted octanol–water partition coefficient (Wildman–Crippen LogP) is 3.62. The van der Waals surface area contributed by atoms with Gasteiger partial charge < -0.3 is 21.1 Å². The van der Waals surface area contributed by atoms with Crippen LogP contribution in [0, 0.1) is 5.92 Å². The normalized spacial score (nSPS) is 10.6. The summed E-state index contributed by atoms with van der Waals surface area (Å²) in [5, 5.41) is 6.33. The van der Waals surface area contributed by atoms with E-state index in [0.717, 1.165) is 11.3 Å². The lowest BCUT2D eigenvalue weighted by Gasteiger charge is -2.13. The number of nitrogens with two attached hydrogens (primary N) is 1. The first-order chi connectivity index (χ1) is 14.0. The molecule has 4 N–H and O–H groups in total. The number of nitrogens with one attached hydrogen (secondary N) is 2. The van der Waals surface area contributed by atoms with E-state index in [-0.39, 0.29) is 5.97 Å². The van der Waals surface area contributed by atoms with Crippen molar-refractivity contribution in [1.29, 1.82) is 0 Å². The zero-order valence-electron chi connectivity index (χ0n) is 16.4. The average Bonchev–Trinajstić information content (AvgIpc) is 2.74. The summed E-state index contributed by atoms with van der Waals surface area (Å²) in [6.07, 6.45) is 4.93. The van der Waals surface area contributed by atoms with Gasteiger partial charge in [-0.1, -0.05) is 19.9 Å². The number of anilines is 4. The van der Waals surface area contributed by atoms with E-state index >= 15 is 0 Å². The van der Waals surface area contributed by atoms with Crippen LogP contribution in [0.2, 0.25) is 0 Å². The smallest absolute Gasteiger partial charge is 0.338 e. The fourth-order valence-electron chi connectivity index (χ4n) is 2.48. The molecule has 8 heteroatoms. The van der Waals surface area contributed by atoms with E-state index in [0.29, 0.717) is 42.0 Å². The summed E-state index contributed by atoms with van der Waals surface area (Å²) in [5.41, 5.74) is 8.85. The molecule has 0 atom stereocenters. The molecule has 0 saturated carbocycles. The fraction of sp³-hybridized carbons (Fsp3) is 0.238. The third-order valence-corrected chi connectivity index (χ3v) is 4.00. The molecule has 0 spiro atoms. The van der Waals surface area contributed by atoms with E-state index in [2.05, 4.69) is 25.6 Å². The minimum Gasteiger partial charge on any atom is -0.462 e. The molecule has 2 heterocycles. The molecule has 2 aromatic heterocycles. The lowest BCUT2D eigenvalue weighted by atomic mass is 10.2. The summed E-state index contributed by atoms with van der Waals surface area (Å²) < 4.78 is 5.23. The van der Waals surface area contributed by atoms with Gasteiger partial charge in [0, 0.05) is 24.6 Å². The Morgan fingerprint density at radius 2 is 1.90 bits per heavy atom. The van der Waals surface area contributed by atoms with E-state index in [9.17, 15) is 4.79 Å². The summed E-state index contributed by atoms with van der Waals surface area (Å²) in [5.74, 6) is 0.958. The van der Waals surface area contributed by atoms with Gasteiger partial charge in [-0.3, -0.25) is 4.98 Å². The van der Waals surface area contributed by atoms with Crippen LogP contribution in [0.1, 0.15) is 29.8 Å². The molecule has 0 radical (unpaired) electrons. The van der Waals surface area contributed by atoms with Gasteiger partial charge in [0.1, 0.15) is 12.0 Å². The van der Waals surface area contributed by atoms with Crippen LogP contribution in [0.25, 0.3) is 0 Å². The van der Waals surface area contributed by atoms with Crippen molar-refractivity contribution in [3.05, 3.63) is 66.2 Å². The number of ether oxygens (including phenoxy) is 1. The van der Waals surface area contributed by atoms with Crippen LogP contribution >= 0.6 is 0 Å². The Labute approximate surface area is 169 Å². The van der Waals surface area contributed by atoms with Crippen LogP contribution in [0.3, 0.4) is 0 Å². The van der Waals surface area contributed by atoms with Crippen LogP contribution in [0.5, 0.6) is 0 Å². The summed E-state index contributed by atoms with van der Waals surface area (Å²) >= 11 is 0. The molecular weight excluding hydrogens is 368 g/mol. The summed E-state index contributed by atoms with van der Waals surface area (Å²) in [4.78, 5) is 24.5. The second-order valence-corrected chi connectivity index (χ2v) is 6.89. The molecular formula is C21H24N6O2. The lowest BCUT2D eigenvalue weighted by molar-refractivity contribution is 0.0459. The van der Waals surface area contributed by atoms with E-state index < -0.39 is 0 Å². The van der Waals surface area contributed by atoms with Crippen LogP contribution in [0.15, 0.2) is 55.1 Å². The fourth-order valence-corrected chi connectivity index (χ4v) is 2.48. The molecule has 0 amide bonds. The van der Waals surface area contributed by atoms with Gasteiger partial charge in [0.05, 0.1) is 12.2 Å². The van der Waals surface area contributed by atoms with Crippen molar-refractivity contribution in [3.8, 4) is 0 Å². The summed E-state index contributed by atoms with van der Waals surface area (Å²) in [6, 6.07) is 10.8. The highest BCUT2D eigenvalue weighted by Gasteiger charge is 2.11. The summed E-state index contributed by atoms with van der Waals surface area (Å²) in [6.45, 7) is 4.92. The molecule has 0 aliphatic carbocycles.